The summed E-state index contributed by atoms with van der Waals surface area (Å²) in [6.45, 7) is -0.479. The molecule has 0 atom stereocenters. The van der Waals surface area contributed by atoms with Gasteiger partial charge in [-0.3, -0.25) is 0 Å². The lowest BCUT2D eigenvalue weighted by atomic mass is 10.2. The van der Waals surface area contributed by atoms with E-state index < -0.39 is 18.8 Å². The molecule has 1 rings (SSSR count). The first kappa shape index (κ1) is 13.1. The molecule has 16 heavy (non-hydrogen) atoms. The number of thiophene rings is 1. The van der Waals surface area contributed by atoms with E-state index in [-0.39, 0.29) is 12.0 Å². The van der Waals surface area contributed by atoms with E-state index in [1.54, 1.807) is 11.4 Å². The number of ether oxygens (including phenoxy) is 1. The largest absolute Gasteiger partial charge is 0.445 e. The number of halogens is 3. The molecule has 1 aromatic rings. The maximum Gasteiger partial charge on any atom is 0.404 e. The number of carbonyl (C=O) groups excluding carboxylic acids is 1. The number of nitrogens with two attached hydrogens (primary N) is 1. The molecule has 0 aliphatic heterocycles. The Balaban J connectivity index is 2.66. The van der Waals surface area contributed by atoms with Gasteiger partial charge in [0.25, 0.3) is 6.08 Å². The van der Waals surface area contributed by atoms with Gasteiger partial charge in [-0.25, -0.2) is 4.79 Å². The van der Waals surface area contributed by atoms with E-state index in [1.165, 1.54) is 11.3 Å². The van der Waals surface area contributed by atoms with E-state index in [4.69, 9.17) is 5.73 Å². The van der Waals surface area contributed by atoms with E-state index in [1.807, 2.05) is 0 Å². The van der Waals surface area contributed by atoms with Crippen molar-refractivity contribution in [2.75, 3.05) is 6.61 Å². The van der Waals surface area contributed by atoms with E-state index in [2.05, 4.69) is 20.7 Å². The summed E-state index contributed by atoms with van der Waals surface area (Å²) in [5.74, 6) is 0. The van der Waals surface area contributed by atoms with Crippen LogP contribution in [0.15, 0.2) is 27.6 Å². The van der Waals surface area contributed by atoms with Crippen molar-refractivity contribution in [1.82, 2.24) is 0 Å². The highest BCUT2D eigenvalue weighted by Gasteiger charge is 2.11. The molecular formula is C9H8BrF2NO2S. The number of carbonyl (C=O) groups is 1. The second-order valence-corrected chi connectivity index (χ2v) is 4.79. The average Bonchev–Trinajstić information content (AvgIpc) is 2.57. The normalized spacial score (nSPS) is 9.94. The molecule has 0 fully saturated rings. The van der Waals surface area contributed by atoms with Crippen LogP contribution >= 0.6 is 27.3 Å². The highest BCUT2D eigenvalue weighted by Crippen LogP contribution is 2.24. The van der Waals surface area contributed by atoms with Crippen LogP contribution in [0.2, 0.25) is 0 Å². The van der Waals surface area contributed by atoms with E-state index >= 15 is 0 Å². The van der Waals surface area contributed by atoms with Gasteiger partial charge in [-0.2, -0.15) is 8.78 Å². The fourth-order valence-electron chi connectivity index (χ4n) is 0.987. The van der Waals surface area contributed by atoms with Crippen LogP contribution in [-0.4, -0.2) is 12.7 Å². The Morgan fingerprint density at radius 1 is 1.56 bits per heavy atom. The molecule has 0 aromatic carbocycles. The van der Waals surface area contributed by atoms with Crippen molar-refractivity contribution < 1.29 is 18.3 Å². The number of amides is 1. The molecule has 0 bridgehead atoms. The van der Waals surface area contributed by atoms with Crippen molar-refractivity contribution in [2.45, 2.75) is 6.42 Å². The predicted octanol–water partition coefficient (Wildman–Crippen LogP) is 3.30. The van der Waals surface area contributed by atoms with Crippen molar-refractivity contribution >= 4 is 33.4 Å². The molecule has 0 saturated heterocycles. The first-order valence-corrected chi connectivity index (χ1v) is 5.84. The Morgan fingerprint density at radius 3 is 2.69 bits per heavy atom. The molecule has 0 aliphatic carbocycles. The van der Waals surface area contributed by atoms with Crippen LogP contribution in [0.1, 0.15) is 4.88 Å². The summed E-state index contributed by atoms with van der Waals surface area (Å²) in [6.07, 6.45) is -2.86. The number of hydrogen-bond acceptors (Lipinski definition) is 3. The molecule has 1 amide bonds. The zero-order valence-electron chi connectivity index (χ0n) is 8.00. The van der Waals surface area contributed by atoms with Crippen molar-refractivity contribution in [3.8, 4) is 0 Å². The van der Waals surface area contributed by atoms with Crippen LogP contribution in [0.3, 0.4) is 0 Å². The number of hydrogen-bond donors (Lipinski definition) is 1. The minimum atomic E-state index is -1.84. The fraction of sp³-hybridized carbons (Fsp3) is 0.222. The van der Waals surface area contributed by atoms with Crippen LogP contribution in [-0.2, 0) is 11.2 Å². The van der Waals surface area contributed by atoms with Crippen molar-refractivity contribution in [3.05, 3.63) is 32.5 Å². The highest BCUT2D eigenvalue weighted by molar-refractivity contribution is 9.10. The van der Waals surface area contributed by atoms with Crippen molar-refractivity contribution in [1.29, 1.82) is 0 Å². The van der Waals surface area contributed by atoms with Crippen LogP contribution in [0.5, 0.6) is 0 Å². The standard InChI is InChI=1S/C9H8BrF2NO2S/c10-6-2-7(16-4-6)1-5(8(11)12)3-15-9(13)14/h2,4H,1,3H2,(H2,13,14). The third-order valence-corrected chi connectivity index (χ3v) is 3.36. The molecule has 1 heterocycles. The monoisotopic (exact) mass is 311 g/mol. The molecule has 0 unspecified atom stereocenters. The summed E-state index contributed by atoms with van der Waals surface area (Å²) in [5.41, 5.74) is 4.46. The summed E-state index contributed by atoms with van der Waals surface area (Å²) < 4.78 is 30.1. The second kappa shape index (κ2) is 5.95. The van der Waals surface area contributed by atoms with E-state index in [0.717, 1.165) is 9.35 Å². The van der Waals surface area contributed by atoms with Crippen LogP contribution in [0, 0.1) is 0 Å². The van der Waals surface area contributed by atoms with Gasteiger partial charge in [0.15, 0.2) is 0 Å². The molecule has 2 N–H and O–H groups in total. The lowest BCUT2D eigenvalue weighted by molar-refractivity contribution is 0.164. The molecule has 1 aromatic heterocycles. The van der Waals surface area contributed by atoms with Gasteiger partial charge in [0.05, 0.1) is 0 Å². The molecule has 0 radical (unpaired) electrons. The third kappa shape index (κ3) is 4.28. The Bertz CT molecular complexity index is 415. The van der Waals surface area contributed by atoms with E-state index in [0.29, 0.717) is 0 Å². The lowest BCUT2D eigenvalue weighted by Gasteiger charge is -2.04. The molecular weight excluding hydrogens is 304 g/mol. The molecule has 7 heteroatoms. The zero-order valence-corrected chi connectivity index (χ0v) is 10.4. The smallest absolute Gasteiger partial charge is 0.404 e. The fourth-order valence-corrected chi connectivity index (χ4v) is 2.48. The Morgan fingerprint density at radius 2 is 2.25 bits per heavy atom. The molecule has 0 saturated carbocycles. The average molecular weight is 312 g/mol. The van der Waals surface area contributed by atoms with E-state index in [9.17, 15) is 13.6 Å². The quantitative estimate of drug-likeness (QED) is 0.927. The van der Waals surface area contributed by atoms with Gasteiger partial charge in [0.2, 0.25) is 0 Å². The molecule has 3 nitrogen and oxygen atoms in total. The second-order valence-electron chi connectivity index (χ2n) is 2.88. The van der Waals surface area contributed by atoms with Gasteiger partial charge in [-0.15, -0.1) is 11.3 Å². The van der Waals surface area contributed by atoms with Gasteiger partial charge in [0.1, 0.15) is 6.61 Å². The topological polar surface area (TPSA) is 52.3 Å². The summed E-state index contributed by atoms with van der Waals surface area (Å²) >= 11 is 4.57. The third-order valence-electron chi connectivity index (χ3n) is 1.67. The first-order valence-electron chi connectivity index (χ1n) is 4.17. The van der Waals surface area contributed by atoms with Gasteiger partial charge in [-0.05, 0) is 22.0 Å². The van der Waals surface area contributed by atoms with Crippen LogP contribution in [0.4, 0.5) is 13.6 Å². The molecule has 0 spiro atoms. The lowest BCUT2D eigenvalue weighted by Crippen LogP contribution is -2.15. The first-order chi connectivity index (χ1) is 7.49. The number of rotatable bonds is 4. The summed E-state index contributed by atoms with van der Waals surface area (Å²) in [7, 11) is 0. The molecule has 88 valence electrons. The zero-order chi connectivity index (χ0) is 12.1. The van der Waals surface area contributed by atoms with Gasteiger partial charge in [-0.1, -0.05) is 0 Å². The summed E-state index contributed by atoms with van der Waals surface area (Å²) in [5, 5.41) is 1.79. The van der Waals surface area contributed by atoms with Gasteiger partial charge < -0.3 is 10.5 Å². The summed E-state index contributed by atoms with van der Waals surface area (Å²) in [4.78, 5) is 11.1. The molecule has 0 aliphatic rings. The number of primary amides is 1. The Kier molecular flexibility index (Phi) is 4.88. The Labute approximate surface area is 103 Å². The van der Waals surface area contributed by atoms with Crippen molar-refractivity contribution in [3.63, 3.8) is 0 Å². The van der Waals surface area contributed by atoms with Crippen LogP contribution in [0.25, 0.3) is 0 Å². The van der Waals surface area contributed by atoms with Gasteiger partial charge >= 0.3 is 6.09 Å². The highest BCUT2D eigenvalue weighted by atomic mass is 79.9. The summed E-state index contributed by atoms with van der Waals surface area (Å²) in [6, 6.07) is 1.73. The minimum absolute atomic E-state index is 0.0475. The van der Waals surface area contributed by atoms with Crippen LogP contribution < -0.4 is 5.73 Å². The van der Waals surface area contributed by atoms with Gasteiger partial charge in [0, 0.05) is 26.7 Å². The predicted molar refractivity (Wildman–Crippen MR) is 60.5 cm³/mol. The Hall–Kier alpha value is -0.950. The maximum atomic E-state index is 12.5. The minimum Gasteiger partial charge on any atom is -0.445 e. The van der Waals surface area contributed by atoms with Crippen molar-refractivity contribution in [2.24, 2.45) is 5.73 Å². The SMILES string of the molecule is NC(=O)OCC(Cc1cc(Br)cs1)=C(F)F. The maximum absolute atomic E-state index is 12.5.